The minimum absolute atomic E-state index is 0.126. The first-order valence-electron chi connectivity index (χ1n) is 6.12. The Bertz CT molecular complexity index is 614. The van der Waals surface area contributed by atoms with Crippen LogP contribution >= 0.6 is 0 Å². The molecule has 9 heteroatoms. The molecule has 6 nitrogen and oxygen atoms in total. The zero-order valence-electron chi connectivity index (χ0n) is 11.5. The highest BCUT2D eigenvalue weighted by Crippen LogP contribution is 2.30. The van der Waals surface area contributed by atoms with Crippen LogP contribution in [-0.2, 0) is 10.9 Å². The van der Waals surface area contributed by atoms with Crippen molar-refractivity contribution in [1.29, 1.82) is 0 Å². The number of rotatable bonds is 5. The third-order valence-corrected chi connectivity index (χ3v) is 2.87. The molecule has 0 saturated heterocycles. The molecular formula is C12H15F3N4O2. The number of halogens is 3. The Morgan fingerprint density at radius 3 is 2.81 bits per heavy atom. The van der Waals surface area contributed by atoms with Crippen LogP contribution in [0.25, 0.3) is 5.52 Å². The van der Waals surface area contributed by atoms with Crippen molar-refractivity contribution in [3.63, 3.8) is 0 Å². The van der Waals surface area contributed by atoms with E-state index in [9.17, 15) is 18.3 Å². The number of nitrogens with zero attached hydrogens (tertiary/aromatic N) is 4. The third-order valence-electron chi connectivity index (χ3n) is 2.87. The second kappa shape index (κ2) is 5.86. The highest BCUT2D eigenvalue weighted by molar-refractivity contribution is 5.69. The van der Waals surface area contributed by atoms with Gasteiger partial charge in [0.15, 0.2) is 11.5 Å². The first-order chi connectivity index (χ1) is 9.82. The number of aromatic nitrogens is 3. The molecule has 116 valence electrons. The maximum absolute atomic E-state index is 12.7. The van der Waals surface area contributed by atoms with Gasteiger partial charge in [-0.05, 0) is 0 Å². The summed E-state index contributed by atoms with van der Waals surface area (Å²) in [5, 5.41) is 13.2. The lowest BCUT2D eigenvalue weighted by atomic mass is 10.3. The fourth-order valence-electron chi connectivity index (χ4n) is 1.99. The quantitative estimate of drug-likeness (QED) is 0.899. The monoisotopic (exact) mass is 304 g/mol. The van der Waals surface area contributed by atoms with Crippen LogP contribution in [0.1, 0.15) is 5.69 Å². The summed E-state index contributed by atoms with van der Waals surface area (Å²) in [5.41, 5.74) is -0.764. The average Bonchev–Trinajstić information content (AvgIpc) is 2.82. The van der Waals surface area contributed by atoms with Gasteiger partial charge >= 0.3 is 6.18 Å². The van der Waals surface area contributed by atoms with E-state index in [1.54, 1.807) is 11.9 Å². The molecule has 0 aromatic carbocycles. The molecule has 0 radical (unpaired) electrons. The van der Waals surface area contributed by atoms with Crippen LogP contribution in [0.2, 0.25) is 0 Å². The standard InChI is InChI=1S/C12H15F3N4O2/c1-18(6-8(20)7-21-2)11-9-5-10(12(13,14)15)17-19(9)4-3-16-11/h3-5,8,20H,6-7H2,1-2H3. The van der Waals surface area contributed by atoms with Crippen LogP contribution in [0.4, 0.5) is 19.0 Å². The Morgan fingerprint density at radius 2 is 2.19 bits per heavy atom. The first-order valence-corrected chi connectivity index (χ1v) is 6.12. The summed E-state index contributed by atoms with van der Waals surface area (Å²) in [7, 11) is 3.08. The van der Waals surface area contributed by atoms with Crippen LogP contribution in [0.15, 0.2) is 18.5 Å². The molecule has 0 amide bonds. The van der Waals surface area contributed by atoms with Crippen LogP contribution in [0, 0.1) is 0 Å². The summed E-state index contributed by atoms with van der Waals surface area (Å²) in [6.45, 7) is 0.299. The summed E-state index contributed by atoms with van der Waals surface area (Å²) in [6.07, 6.45) is -2.59. The predicted octanol–water partition coefficient (Wildman–Crippen LogP) is 1.19. The van der Waals surface area contributed by atoms with E-state index in [1.807, 2.05) is 0 Å². The SMILES string of the molecule is COCC(O)CN(C)c1nccn2nc(C(F)(F)F)cc12. The van der Waals surface area contributed by atoms with Gasteiger partial charge in [0.1, 0.15) is 5.52 Å². The summed E-state index contributed by atoms with van der Waals surface area (Å²) < 4.78 is 44.0. The number of fused-ring (bicyclic) bond motifs is 1. The maximum atomic E-state index is 12.7. The van der Waals surface area contributed by atoms with E-state index in [-0.39, 0.29) is 18.7 Å². The molecule has 21 heavy (non-hydrogen) atoms. The molecule has 0 aliphatic rings. The van der Waals surface area contributed by atoms with Crippen molar-refractivity contribution in [1.82, 2.24) is 14.6 Å². The van der Waals surface area contributed by atoms with Crippen LogP contribution in [0.3, 0.4) is 0 Å². The number of methoxy groups -OCH3 is 1. The van der Waals surface area contributed by atoms with Crippen molar-refractivity contribution >= 4 is 11.3 Å². The molecule has 2 aromatic rings. The zero-order valence-corrected chi connectivity index (χ0v) is 11.5. The van der Waals surface area contributed by atoms with Crippen molar-refractivity contribution in [3.8, 4) is 0 Å². The normalized spacial score (nSPS) is 13.6. The highest BCUT2D eigenvalue weighted by atomic mass is 19.4. The second-order valence-corrected chi connectivity index (χ2v) is 4.60. The van der Waals surface area contributed by atoms with E-state index in [0.29, 0.717) is 5.82 Å². The Hall–Kier alpha value is -1.87. The number of hydrogen-bond donors (Lipinski definition) is 1. The van der Waals surface area contributed by atoms with Crippen molar-refractivity contribution in [2.75, 3.05) is 32.2 Å². The lowest BCUT2D eigenvalue weighted by molar-refractivity contribution is -0.141. The molecule has 2 aromatic heterocycles. The van der Waals surface area contributed by atoms with Gasteiger partial charge in [-0.15, -0.1) is 0 Å². The van der Waals surface area contributed by atoms with E-state index < -0.39 is 18.0 Å². The lowest BCUT2D eigenvalue weighted by Crippen LogP contribution is -2.32. The number of aliphatic hydroxyl groups excluding tert-OH is 1. The average molecular weight is 304 g/mol. The molecular weight excluding hydrogens is 289 g/mol. The van der Waals surface area contributed by atoms with Crippen LogP contribution in [0.5, 0.6) is 0 Å². The highest BCUT2D eigenvalue weighted by Gasteiger charge is 2.34. The number of anilines is 1. The smallest absolute Gasteiger partial charge is 0.389 e. The van der Waals surface area contributed by atoms with Crippen molar-refractivity contribution in [2.45, 2.75) is 12.3 Å². The van der Waals surface area contributed by atoms with E-state index in [1.165, 1.54) is 19.5 Å². The summed E-state index contributed by atoms with van der Waals surface area (Å²) in [5.74, 6) is 0.302. The van der Waals surface area contributed by atoms with Crippen LogP contribution < -0.4 is 4.90 Å². The van der Waals surface area contributed by atoms with Gasteiger partial charge in [-0.2, -0.15) is 18.3 Å². The Balaban J connectivity index is 2.33. The van der Waals surface area contributed by atoms with Gasteiger partial charge < -0.3 is 14.7 Å². The van der Waals surface area contributed by atoms with E-state index in [0.717, 1.165) is 10.6 Å². The van der Waals surface area contributed by atoms with Gasteiger partial charge in [-0.1, -0.05) is 0 Å². The van der Waals surface area contributed by atoms with Gasteiger partial charge in [0.2, 0.25) is 0 Å². The molecule has 2 rings (SSSR count). The van der Waals surface area contributed by atoms with E-state index in [4.69, 9.17) is 4.74 Å². The van der Waals surface area contributed by atoms with Gasteiger partial charge in [0.05, 0.1) is 12.7 Å². The number of alkyl halides is 3. The zero-order chi connectivity index (χ0) is 15.6. The summed E-state index contributed by atoms with van der Waals surface area (Å²) in [6, 6.07) is 0.932. The molecule has 0 fully saturated rings. The number of hydrogen-bond acceptors (Lipinski definition) is 5. The van der Waals surface area contributed by atoms with Gasteiger partial charge in [-0.25, -0.2) is 9.50 Å². The molecule has 1 atom stereocenters. The Kier molecular flexibility index (Phi) is 4.33. The number of ether oxygens (including phenoxy) is 1. The third kappa shape index (κ3) is 3.42. The summed E-state index contributed by atoms with van der Waals surface area (Å²) >= 11 is 0. The minimum atomic E-state index is -4.52. The largest absolute Gasteiger partial charge is 0.435 e. The fraction of sp³-hybridized carbons (Fsp3) is 0.500. The fourth-order valence-corrected chi connectivity index (χ4v) is 1.99. The lowest BCUT2D eigenvalue weighted by Gasteiger charge is -2.21. The minimum Gasteiger partial charge on any atom is -0.389 e. The van der Waals surface area contributed by atoms with Crippen molar-refractivity contribution < 1.29 is 23.0 Å². The van der Waals surface area contributed by atoms with Crippen molar-refractivity contribution in [3.05, 3.63) is 24.2 Å². The molecule has 0 bridgehead atoms. The predicted molar refractivity (Wildman–Crippen MR) is 69.1 cm³/mol. The molecule has 0 aliphatic carbocycles. The van der Waals surface area contributed by atoms with Gasteiger partial charge in [-0.3, -0.25) is 0 Å². The second-order valence-electron chi connectivity index (χ2n) is 4.60. The molecule has 0 spiro atoms. The van der Waals surface area contributed by atoms with Gasteiger partial charge in [0.25, 0.3) is 0 Å². The maximum Gasteiger partial charge on any atom is 0.435 e. The van der Waals surface area contributed by atoms with Crippen LogP contribution in [-0.4, -0.2) is 53.1 Å². The van der Waals surface area contributed by atoms with Gasteiger partial charge in [0, 0.05) is 39.2 Å². The molecule has 1 unspecified atom stereocenters. The topological polar surface area (TPSA) is 62.9 Å². The number of aliphatic hydroxyl groups is 1. The van der Waals surface area contributed by atoms with E-state index in [2.05, 4.69) is 10.1 Å². The summed E-state index contributed by atoms with van der Waals surface area (Å²) in [4.78, 5) is 5.62. The molecule has 1 N–H and O–H groups in total. The molecule has 0 aliphatic heterocycles. The molecule has 2 heterocycles. The molecule has 0 saturated carbocycles. The van der Waals surface area contributed by atoms with E-state index >= 15 is 0 Å². The van der Waals surface area contributed by atoms with Crippen molar-refractivity contribution in [2.24, 2.45) is 0 Å². The Labute approximate surface area is 118 Å². The first kappa shape index (κ1) is 15.5. The number of likely N-dealkylation sites (N-methyl/N-ethyl adjacent to an activating group) is 1. The Morgan fingerprint density at radius 1 is 1.48 bits per heavy atom.